The van der Waals surface area contributed by atoms with Gasteiger partial charge in [-0.15, -0.1) is 0 Å². The van der Waals surface area contributed by atoms with Crippen molar-refractivity contribution in [3.63, 3.8) is 0 Å². The predicted octanol–water partition coefficient (Wildman–Crippen LogP) is 2.93. The number of benzene rings is 1. The van der Waals surface area contributed by atoms with Gasteiger partial charge in [0.25, 0.3) is 0 Å². The number of methoxy groups -OCH3 is 1. The zero-order valence-corrected chi connectivity index (χ0v) is 13.8. The molecule has 2 N–H and O–H groups in total. The monoisotopic (exact) mass is 320 g/mol. The standard InChI is InChI=1S/C18H25FN2O2/c1-11(16-10-13(19)3-6-17(16)23-2)20-18(22)9-12-7-14-4-5-15(8-12)21-14/h3,6,10-12,14-15,21H,4-5,7-9H2,1-2H3,(H,20,22). The summed E-state index contributed by atoms with van der Waals surface area (Å²) in [7, 11) is 1.55. The van der Waals surface area contributed by atoms with Gasteiger partial charge in [0, 0.05) is 24.1 Å². The highest BCUT2D eigenvalue weighted by Gasteiger charge is 2.34. The summed E-state index contributed by atoms with van der Waals surface area (Å²) in [6.07, 6.45) is 5.19. The van der Waals surface area contributed by atoms with Crippen LogP contribution in [-0.2, 0) is 4.79 Å². The zero-order chi connectivity index (χ0) is 16.4. The first kappa shape index (κ1) is 16.2. The molecule has 3 rings (SSSR count). The lowest BCUT2D eigenvalue weighted by atomic mass is 9.89. The van der Waals surface area contributed by atoms with Crippen molar-refractivity contribution in [2.24, 2.45) is 5.92 Å². The summed E-state index contributed by atoms with van der Waals surface area (Å²) < 4.78 is 18.7. The van der Waals surface area contributed by atoms with Crippen LogP contribution in [0.25, 0.3) is 0 Å². The second-order valence-electron chi connectivity index (χ2n) is 6.85. The highest BCUT2D eigenvalue weighted by Crippen LogP contribution is 2.33. The average Bonchev–Trinajstić information content (AvgIpc) is 2.85. The highest BCUT2D eigenvalue weighted by atomic mass is 19.1. The van der Waals surface area contributed by atoms with Gasteiger partial charge in [-0.1, -0.05) is 0 Å². The number of hydrogen-bond donors (Lipinski definition) is 2. The van der Waals surface area contributed by atoms with Crippen molar-refractivity contribution in [2.45, 2.75) is 57.2 Å². The molecule has 126 valence electrons. The maximum Gasteiger partial charge on any atom is 0.220 e. The fourth-order valence-electron chi connectivity index (χ4n) is 4.03. The molecule has 0 aromatic heterocycles. The van der Waals surface area contributed by atoms with Crippen LogP contribution in [0.4, 0.5) is 4.39 Å². The summed E-state index contributed by atoms with van der Waals surface area (Å²) in [5, 5.41) is 6.58. The van der Waals surface area contributed by atoms with Gasteiger partial charge >= 0.3 is 0 Å². The van der Waals surface area contributed by atoms with Crippen LogP contribution in [0.1, 0.15) is 50.6 Å². The molecule has 2 fully saturated rings. The minimum absolute atomic E-state index is 0.0371. The lowest BCUT2D eigenvalue weighted by molar-refractivity contribution is -0.122. The van der Waals surface area contributed by atoms with Crippen molar-refractivity contribution in [3.05, 3.63) is 29.6 Å². The molecule has 5 heteroatoms. The van der Waals surface area contributed by atoms with Crippen LogP contribution in [0, 0.1) is 11.7 Å². The van der Waals surface area contributed by atoms with E-state index in [4.69, 9.17) is 4.74 Å². The first-order valence-electron chi connectivity index (χ1n) is 8.44. The third kappa shape index (κ3) is 3.83. The highest BCUT2D eigenvalue weighted by molar-refractivity contribution is 5.76. The normalized spacial score (nSPS) is 27.5. The largest absolute Gasteiger partial charge is 0.496 e. The fourth-order valence-corrected chi connectivity index (χ4v) is 4.03. The van der Waals surface area contributed by atoms with Crippen LogP contribution in [0.15, 0.2) is 18.2 Å². The Labute approximate surface area is 136 Å². The van der Waals surface area contributed by atoms with Gasteiger partial charge in [0.15, 0.2) is 0 Å². The summed E-state index contributed by atoms with van der Waals surface area (Å²) >= 11 is 0. The molecule has 3 atom stereocenters. The fraction of sp³-hybridized carbons (Fsp3) is 0.611. The molecule has 4 nitrogen and oxygen atoms in total. The summed E-state index contributed by atoms with van der Waals surface area (Å²) in [5.74, 6) is 0.765. The van der Waals surface area contributed by atoms with Gasteiger partial charge in [-0.05, 0) is 56.7 Å². The third-order valence-corrected chi connectivity index (χ3v) is 5.08. The number of halogens is 1. The minimum atomic E-state index is -0.322. The van der Waals surface area contributed by atoms with E-state index in [1.54, 1.807) is 13.2 Å². The van der Waals surface area contributed by atoms with Gasteiger partial charge in [-0.2, -0.15) is 0 Å². The lowest BCUT2D eigenvalue weighted by Gasteiger charge is -2.29. The van der Waals surface area contributed by atoms with Crippen molar-refractivity contribution in [2.75, 3.05) is 7.11 Å². The Kier molecular flexibility index (Phi) is 4.85. The zero-order valence-electron chi connectivity index (χ0n) is 13.8. The van der Waals surface area contributed by atoms with Gasteiger partial charge in [0.05, 0.1) is 13.2 Å². The number of hydrogen-bond acceptors (Lipinski definition) is 3. The molecule has 2 bridgehead atoms. The predicted molar refractivity (Wildman–Crippen MR) is 86.8 cm³/mol. The molecule has 0 saturated carbocycles. The second kappa shape index (κ2) is 6.87. The maximum absolute atomic E-state index is 13.5. The van der Waals surface area contributed by atoms with Gasteiger partial charge in [0.1, 0.15) is 11.6 Å². The number of fused-ring (bicyclic) bond motifs is 2. The Morgan fingerprint density at radius 2 is 2.09 bits per heavy atom. The van der Waals surface area contributed by atoms with E-state index in [0.717, 1.165) is 12.8 Å². The number of rotatable bonds is 5. The molecule has 23 heavy (non-hydrogen) atoms. The minimum Gasteiger partial charge on any atom is -0.496 e. The molecule has 2 aliphatic rings. The number of amides is 1. The molecule has 1 amide bonds. The third-order valence-electron chi connectivity index (χ3n) is 5.08. The molecule has 2 heterocycles. The van der Waals surface area contributed by atoms with E-state index in [-0.39, 0.29) is 17.8 Å². The topological polar surface area (TPSA) is 50.4 Å². The molecular formula is C18H25FN2O2. The molecule has 0 aliphatic carbocycles. The molecule has 2 saturated heterocycles. The number of nitrogens with one attached hydrogen (secondary N) is 2. The Balaban J connectivity index is 1.58. The first-order valence-corrected chi connectivity index (χ1v) is 8.44. The van der Waals surface area contributed by atoms with E-state index in [1.807, 2.05) is 6.92 Å². The van der Waals surface area contributed by atoms with E-state index in [9.17, 15) is 9.18 Å². The average molecular weight is 320 g/mol. The van der Waals surface area contributed by atoms with Gasteiger partial charge < -0.3 is 15.4 Å². The molecule has 1 aromatic rings. The van der Waals surface area contributed by atoms with Crippen LogP contribution < -0.4 is 15.4 Å². The molecule has 1 aromatic carbocycles. The van der Waals surface area contributed by atoms with Crippen LogP contribution >= 0.6 is 0 Å². The molecule has 2 aliphatic heterocycles. The van der Waals surface area contributed by atoms with E-state index < -0.39 is 0 Å². The quantitative estimate of drug-likeness (QED) is 0.877. The lowest BCUT2D eigenvalue weighted by Crippen LogP contribution is -2.40. The van der Waals surface area contributed by atoms with Gasteiger partial charge in [0.2, 0.25) is 5.91 Å². The summed E-state index contributed by atoms with van der Waals surface area (Å²) in [6.45, 7) is 1.86. The molecule has 0 radical (unpaired) electrons. The van der Waals surface area contributed by atoms with Crippen LogP contribution in [0.5, 0.6) is 5.75 Å². The molecule has 3 unspecified atom stereocenters. The van der Waals surface area contributed by atoms with E-state index >= 15 is 0 Å². The van der Waals surface area contributed by atoms with Crippen LogP contribution in [-0.4, -0.2) is 25.1 Å². The summed E-state index contributed by atoms with van der Waals surface area (Å²) in [6, 6.07) is 5.29. The number of carbonyl (C=O) groups excluding carboxylic acids is 1. The van der Waals surface area contributed by atoms with Crippen molar-refractivity contribution in [1.82, 2.24) is 10.6 Å². The van der Waals surface area contributed by atoms with Crippen molar-refractivity contribution < 1.29 is 13.9 Å². The Hall–Kier alpha value is -1.62. The number of carbonyl (C=O) groups is 1. The Bertz CT molecular complexity index is 566. The Morgan fingerprint density at radius 1 is 1.39 bits per heavy atom. The van der Waals surface area contributed by atoms with Gasteiger partial charge in [-0.3, -0.25) is 4.79 Å². The van der Waals surface area contributed by atoms with Gasteiger partial charge in [-0.25, -0.2) is 4.39 Å². The molecular weight excluding hydrogens is 295 g/mol. The molecule has 0 spiro atoms. The van der Waals surface area contributed by atoms with Crippen molar-refractivity contribution in [3.8, 4) is 5.75 Å². The number of ether oxygens (including phenoxy) is 1. The van der Waals surface area contributed by atoms with Crippen molar-refractivity contribution in [1.29, 1.82) is 0 Å². The smallest absolute Gasteiger partial charge is 0.220 e. The van der Waals surface area contributed by atoms with E-state index in [0.29, 0.717) is 35.7 Å². The SMILES string of the molecule is COc1ccc(F)cc1C(C)NC(=O)CC1CC2CCC(C1)N2. The van der Waals surface area contributed by atoms with E-state index in [2.05, 4.69) is 10.6 Å². The van der Waals surface area contributed by atoms with Crippen molar-refractivity contribution >= 4 is 5.91 Å². The number of piperidine rings is 1. The van der Waals surface area contributed by atoms with E-state index in [1.165, 1.54) is 25.0 Å². The summed E-state index contributed by atoms with van der Waals surface area (Å²) in [5.41, 5.74) is 0.672. The summed E-state index contributed by atoms with van der Waals surface area (Å²) in [4.78, 5) is 12.3. The Morgan fingerprint density at radius 3 is 2.74 bits per heavy atom. The van der Waals surface area contributed by atoms with Crippen LogP contribution in [0.2, 0.25) is 0 Å². The second-order valence-corrected chi connectivity index (χ2v) is 6.85. The first-order chi connectivity index (χ1) is 11.0. The maximum atomic E-state index is 13.5. The van der Waals surface area contributed by atoms with Crippen LogP contribution in [0.3, 0.4) is 0 Å².